The summed E-state index contributed by atoms with van der Waals surface area (Å²) in [5, 5.41) is 17.1. The van der Waals surface area contributed by atoms with E-state index in [2.05, 4.69) is 5.16 Å². The van der Waals surface area contributed by atoms with Crippen molar-refractivity contribution in [1.29, 1.82) is 0 Å². The lowest BCUT2D eigenvalue weighted by Gasteiger charge is -2.17. The monoisotopic (exact) mass is 454 g/mol. The van der Waals surface area contributed by atoms with Crippen LogP contribution < -0.4 is 15.6 Å². The predicted octanol–water partition coefficient (Wildman–Crippen LogP) is 2.73. The summed E-state index contributed by atoms with van der Waals surface area (Å²) in [6, 6.07) is 19.7. The molecule has 166 valence electrons. The molecule has 32 heavy (non-hydrogen) atoms. The van der Waals surface area contributed by atoms with Gasteiger partial charge in [0.15, 0.2) is 5.84 Å². The second kappa shape index (κ2) is 9.50. The fourth-order valence-electron chi connectivity index (χ4n) is 3.06. The van der Waals surface area contributed by atoms with Gasteiger partial charge in [0.25, 0.3) is 0 Å². The lowest BCUT2D eigenvalue weighted by atomic mass is 10.1. The Morgan fingerprint density at radius 1 is 1.06 bits per heavy atom. The predicted molar refractivity (Wildman–Crippen MR) is 120 cm³/mol. The zero-order valence-corrected chi connectivity index (χ0v) is 18.0. The number of amidine groups is 1. The van der Waals surface area contributed by atoms with Gasteiger partial charge in [0.05, 0.1) is 4.90 Å². The summed E-state index contributed by atoms with van der Waals surface area (Å²) in [5.74, 6) is 0.269. The third kappa shape index (κ3) is 5.42. The molecular formula is C22H22N4O5S. The van der Waals surface area contributed by atoms with Gasteiger partial charge in [0.1, 0.15) is 5.75 Å². The molecule has 3 aromatic rings. The summed E-state index contributed by atoms with van der Waals surface area (Å²) in [6.07, 6.45) is -0.586. The van der Waals surface area contributed by atoms with Crippen molar-refractivity contribution in [2.24, 2.45) is 16.0 Å². The average Bonchev–Trinajstić information content (AvgIpc) is 2.78. The minimum Gasteiger partial charge on any atom is -0.410 e. The lowest BCUT2D eigenvalue weighted by molar-refractivity contribution is 0.161. The Morgan fingerprint density at radius 3 is 2.41 bits per heavy atom. The standard InChI is InChI=1S/C22H22N4O5S/c1-26(14-15-5-4-6-17(13-15)21(23)25-28)22(27)31-18-11-9-16(10-12-18)19-7-2-3-8-20(19)32(24,29)30/h2-13,28H,14H2,1H3,(H2,23,25)(H2,24,29,30). The van der Waals surface area contributed by atoms with Gasteiger partial charge in [-0.05, 0) is 35.4 Å². The number of sulfonamides is 1. The van der Waals surface area contributed by atoms with Gasteiger partial charge in [-0.15, -0.1) is 0 Å². The molecule has 0 saturated carbocycles. The van der Waals surface area contributed by atoms with Gasteiger partial charge >= 0.3 is 6.09 Å². The van der Waals surface area contributed by atoms with E-state index < -0.39 is 16.1 Å². The van der Waals surface area contributed by atoms with Gasteiger partial charge in [-0.1, -0.05) is 53.7 Å². The SMILES string of the molecule is CN(Cc1cccc(C(N)=NO)c1)C(=O)Oc1ccc(-c2ccccc2S(N)(=O)=O)cc1. The molecule has 3 rings (SSSR count). The normalized spacial score (nSPS) is 11.8. The van der Waals surface area contributed by atoms with Gasteiger partial charge < -0.3 is 20.6 Å². The van der Waals surface area contributed by atoms with Crippen molar-refractivity contribution in [3.8, 4) is 16.9 Å². The minimum absolute atomic E-state index is 0.0126. The molecule has 0 aromatic heterocycles. The molecule has 10 heteroatoms. The summed E-state index contributed by atoms with van der Waals surface area (Å²) in [4.78, 5) is 13.8. The van der Waals surface area contributed by atoms with E-state index >= 15 is 0 Å². The first-order valence-electron chi connectivity index (χ1n) is 9.41. The maximum atomic E-state index is 12.5. The van der Waals surface area contributed by atoms with E-state index in [1.165, 1.54) is 11.0 Å². The molecule has 0 aliphatic rings. The van der Waals surface area contributed by atoms with Gasteiger partial charge in [0, 0.05) is 24.7 Å². The average molecular weight is 455 g/mol. The van der Waals surface area contributed by atoms with Crippen LogP contribution in [0.4, 0.5) is 4.79 Å². The van der Waals surface area contributed by atoms with E-state index in [-0.39, 0.29) is 17.3 Å². The number of amides is 1. The number of benzene rings is 3. The Kier molecular flexibility index (Phi) is 6.76. The van der Waals surface area contributed by atoms with Crippen molar-refractivity contribution < 1.29 is 23.2 Å². The highest BCUT2D eigenvalue weighted by Gasteiger charge is 2.16. The number of ether oxygens (including phenoxy) is 1. The lowest BCUT2D eigenvalue weighted by Crippen LogP contribution is -2.29. The number of carbonyl (C=O) groups is 1. The molecule has 0 unspecified atom stereocenters. The quantitative estimate of drug-likeness (QED) is 0.226. The van der Waals surface area contributed by atoms with Crippen LogP contribution >= 0.6 is 0 Å². The van der Waals surface area contributed by atoms with Crippen molar-refractivity contribution in [2.45, 2.75) is 11.4 Å². The van der Waals surface area contributed by atoms with E-state index in [1.807, 2.05) is 0 Å². The largest absolute Gasteiger partial charge is 0.415 e. The van der Waals surface area contributed by atoms with E-state index in [0.29, 0.717) is 22.4 Å². The summed E-state index contributed by atoms with van der Waals surface area (Å²) in [7, 11) is -2.30. The Morgan fingerprint density at radius 2 is 1.75 bits per heavy atom. The smallest absolute Gasteiger partial charge is 0.410 e. The highest BCUT2D eigenvalue weighted by Crippen LogP contribution is 2.28. The number of rotatable bonds is 6. The third-order valence-electron chi connectivity index (χ3n) is 4.63. The fourth-order valence-corrected chi connectivity index (χ4v) is 3.82. The Hall–Kier alpha value is -3.89. The first-order chi connectivity index (χ1) is 15.2. The van der Waals surface area contributed by atoms with Crippen LogP contribution in [-0.2, 0) is 16.6 Å². The summed E-state index contributed by atoms with van der Waals surface area (Å²) in [6.45, 7) is 0.241. The van der Waals surface area contributed by atoms with E-state index in [0.717, 1.165) is 5.56 Å². The molecule has 0 bridgehead atoms. The van der Waals surface area contributed by atoms with Crippen LogP contribution in [0.2, 0.25) is 0 Å². The number of nitrogens with two attached hydrogens (primary N) is 2. The van der Waals surface area contributed by atoms with Crippen molar-refractivity contribution in [1.82, 2.24) is 4.90 Å². The van der Waals surface area contributed by atoms with Crippen molar-refractivity contribution >= 4 is 22.0 Å². The Balaban J connectivity index is 1.70. The van der Waals surface area contributed by atoms with Gasteiger partial charge in [-0.25, -0.2) is 18.4 Å². The van der Waals surface area contributed by atoms with Gasteiger partial charge in [-0.2, -0.15) is 0 Å². The van der Waals surface area contributed by atoms with Crippen LogP contribution in [0.1, 0.15) is 11.1 Å². The van der Waals surface area contributed by atoms with Crippen molar-refractivity contribution in [2.75, 3.05) is 7.05 Å². The van der Waals surface area contributed by atoms with Gasteiger partial charge in [-0.3, -0.25) is 0 Å². The summed E-state index contributed by atoms with van der Waals surface area (Å²) >= 11 is 0. The molecule has 9 nitrogen and oxygen atoms in total. The maximum Gasteiger partial charge on any atom is 0.415 e. The number of hydrogen-bond acceptors (Lipinski definition) is 6. The van der Waals surface area contributed by atoms with Crippen LogP contribution in [0.5, 0.6) is 5.75 Å². The molecule has 1 amide bonds. The number of primary sulfonamides is 1. The zero-order valence-electron chi connectivity index (χ0n) is 17.2. The molecule has 0 aliphatic carbocycles. The van der Waals surface area contributed by atoms with Crippen molar-refractivity contribution in [3.63, 3.8) is 0 Å². The number of hydrogen-bond donors (Lipinski definition) is 3. The third-order valence-corrected chi connectivity index (χ3v) is 5.60. The first kappa shape index (κ1) is 22.8. The minimum atomic E-state index is -3.88. The molecule has 0 heterocycles. The second-order valence-electron chi connectivity index (χ2n) is 6.98. The molecular weight excluding hydrogens is 432 g/mol. The van der Waals surface area contributed by atoms with Crippen LogP contribution in [0, 0.1) is 0 Å². The van der Waals surface area contributed by atoms with Crippen LogP contribution in [-0.4, -0.2) is 37.5 Å². The molecule has 0 spiro atoms. The maximum absolute atomic E-state index is 12.5. The second-order valence-corrected chi connectivity index (χ2v) is 8.51. The number of oxime groups is 1. The zero-order chi connectivity index (χ0) is 23.3. The summed E-state index contributed by atoms with van der Waals surface area (Å²) in [5.41, 5.74) is 7.96. The van der Waals surface area contributed by atoms with Crippen LogP contribution in [0.25, 0.3) is 11.1 Å². The van der Waals surface area contributed by atoms with Crippen LogP contribution in [0.15, 0.2) is 82.8 Å². The molecule has 3 aromatic carbocycles. The van der Waals surface area contributed by atoms with E-state index in [1.54, 1.807) is 73.8 Å². The topological polar surface area (TPSA) is 148 Å². The highest BCUT2D eigenvalue weighted by atomic mass is 32.2. The molecule has 0 fully saturated rings. The van der Waals surface area contributed by atoms with E-state index in [4.69, 9.17) is 20.8 Å². The van der Waals surface area contributed by atoms with E-state index in [9.17, 15) is 13.2 Å². The fraction of sp³-hybridized carbons (Fsp3) is 0.0909. The summed E-state index contributed by atoms with van der Waals surface area (Å²) < 4.78 is 29.0. The Bertz CT molecular complexity index is 1260. The molecule has 0 radical (unpaired) electrons. The molecule has 0 aliphatic heterocycles. The van der Waals surface area contributed by atoms with Crippen molar-refractivity contribution in [3.05, 3.63) is 83.9 Å². The molecule has 5 N–H and O–H groups in total. The van der Waals surface area contributed by atoms with Gasteiger partial charge in [0.2, 0.25) is 10.0 Å². The number of carbonyl (C=O) groups excluding carboxylic acids is 1. The number of nitrogens with zero attached hydrogens (tertiary/aromatic N) is 2. The Labute approximate surface area is 185 Å². The van der Waals surface area contributed by atoms with Crippen LogP contribution in [0.3, 0.4) is 0 Å². The first-order valence-corrected chi connectivity index (χ1v) is 11.0. The highest BCUT2D eigenvalue weighted by molar-refractivity contribution is 7.89. The molecule has 0 saturated heterocycles. The molecule has 0 atom stereocenters.